The molecule has 1 saturated heterocycles. The lowest BCUT2D eigenvalue weighted by atomic mass is 10.1. The third-order valence-electron chi connectivity index (χ3n) is 4.46. The van der Waals surface area contributed by atoms with Gasteiger partial charge in [-0.05, 0) is 24.3 Å². The molecule has 10 heteroatoms. The number of nitrogens with zero attached hydrogens (tertiary/aromatic N) is 5. The van der Waals surface area contributed by atoms with Gasteiger partial charge in [0, 0.05) is 49.3 Å². The van der Waals surface area contributed by atoms with Crippen LogP contribution in [0.1, 0.15) is 12.8 Å². The van der Waals surface area contributed by atoms with Gasteiger partial charge in [-0.2, -0.15) is 0 Å². The quantitative estimate of drug-likeness (QED) is 0.447. The maximum Gasteiger partial charge on any atom is 0.326 e. The van der Waals surface area contributed by atoms with Crippen molar-refractivity contribution >= 4 is 40.5 Å². The van der Waals surface area contributed by atoms with Gasteiger partial charge < -0.3 is 10.1 Å². The molecule has 9 nitrogen and oxygen atoms in total. The first kappa shape index (κ1) is 18.8. The number of hydrogen-bond acceptors (Lipinski definition) is 8. The van der Waals surface area contributed by atoms with Gasteiger partial charge in [0.05, 0.1) is 5.71 Å². The second-order valence-electron chi connectivity index (χ2n) is 6.39. The molecule has 1 aliphatic rings. The molecule has 4 rings (SSSR count). The molecular weight excluding hydrogens is 390 g/mol. The third kappa shape index (κ3) is 4.66. The summed E-state index contributed by atoms with van der Waals surface area (Å²) in [6.45, 7) is 1.44. The first-order valence-corrected chi connectivity index (χ1v) is 9.95. The molecule has 3 aromatic rings. The Balaban J connectivity index is 1.37. The zero-order valence-corrected chi connectivity index (χ0v) is 16.3. The molecule has 0 radical (unpaired) electrons. The number of thiazole rings is 1. The summed E-state index contributed by atoms with van der Waals surface area (Å²) >= 11 is 1.44. The van der Waals surface area contributed by atoms with Crippen molar-refractivity contribution in [3.05, 3.63) is 48.1 Å². The minimum absolute atomic E-state index is 0.408. The van der Waals surface area contributed by atoms with Crippen molar-refractivity contribution in [1.82, 2.24) is 15.0 Å². The van der Waals surface area contributed by atoms with Gasteiger partial charge in [-0.3, -0.25) is 15.6 Å². The number of anilines is 3. The number of oxime groups is 1. The van der Waals surface area contributed by atoms with Crippen LogP contribution >= 0.6 is 11.3 Å². The van der Waals surface area contributed by atoms with E-state index < -0.39 is 6.03 Å². The maximum atomic E-state index is 12.3. The van der Waals surface area contributed by atoms with E-state index in [2.05, 4.69) is 35.6 Å². The van der Waals surface area contributed by atoms with Crippen LogP contribution in [0.25, 0.3) is 10.6 Å². The Kier molecular flexibility index (Phi) is 5.61. The lowest BCUT2D eigenvalue weighted by Crippen LogP contribution is -2.34. The average molecular weight is 409 g/mol. The number of urea groups is 1. The van der Waals surface area contributed by atoms with Crippen LogP contribution in [0, 0.1) is 0 Å². The predicted octanol–water partition coefficient (Wildman–Crippen LogP) is 3.67. The molecule has 3 N–H and O–H groups in total. The highest BCUT2D eigenvalue weighted by Crippen LogP contribution is 2.25. The normalized spacial score (nSPS) is 13.8. The Morgan fingerprint density at radius 2 is 1.83 bits per heavy atom. The molecule has 0 aromatic carbocycles. The summed E-state index contributed by atoms with van der Waals surface area (Å²) in [5.41, 5.74) is 1.74. The molecule has 1 fully saturated rings. The van der Waals surface area contributed by atoms with E-state index in [-0.39, 0.29) is 0 Å². The first-order valence-electron chi connectivity index (χ1n) is 9.07. The molecular formula is C19H19N7O2S. The van der Waals surface area contributed by atoms with E-state index >= 15 is 0 Å². The topological polar surface area (TPSA) is 116 Å². The summed E-state index contributed by atoms with van der Waals surface area (Å²) in [6, 6.07) is 8.80. The van der Waals surface area contributed by atoms with E-state index in [1.54, 1.807) is 23.8 Å². The minimum Gasteiger partial charge on any atom is -0.411 e. The summed E-state index contributed by atoms with van der Waals surface area (Å²) in [5, 5.41) is 20.2. The van der Waals surface area contributed by atoms with Crippen LogP contribution in [0.5, 0.6) is 0 Å². The number of hydrogen-bond donors (Lipinski definition) is 3. The van der Waals surface area contributed by atoms with Crippen molar-refractivity contribution < 1.29 is 10.0 Å². The second-order valence-corrected chi connectivity index (χ2v) is 7.25. The van der Waals surface area contributed by atoms with Crippen LogP contribution < -0.4 is 15.5 Å². The molecule has 0 spiro atoms. The molecule has 4 heterocycles. The van der Waals surface area contributed by atoms with E-state index in [0.717, 1.165) is 35.2 Å². The number of carbonyl (C=O) groups is 1. The van der Waals surface area contributed by atoms with E-state index in [4.69, 9.17) is 5.21 Å². The molecule has 3 aromatic heterocycles. The Morgan fingerprint density at radius 3 is 2.59 bits per heavy atom. The Bertz CT molecular complexity index is 1010. The monoisotopic (exact) mass is 409 g/mol. The summed E-state index contributed by atoms with van der Waals surface area (Å²) in [5.74, 6) is 1.70. The van der Waals surface area contributed by atoms with Crippen molar-refractivity contribution in [2.24, 2.45) is 5.16 Å². The van der Waals surface area contributed by atoms with E-state index in [1.807, 2.05) is 24.3 Å². The van der Waals surface area contributed by atoms with Gasteiger partial charge >= 0.3 is 6.03 Å². The number of carbonyl (C=O) groups excluding carboxylic acids is 1. The highest BCUT2D eigenvalue weighted by Gasteiger charge is 2.17. The second kappa shape index (κ2) is 8.65. The predicted molar refractivity (Wildman–Crippen MR) is 113 cm³/mol. The van der Waals surface area contributed by atoms with Crippen LogP contribution in [-0.4, -0.2) is 45.0 Å². The Hall–Kier alpha value is -3.53. The molecule has 2 amide bonds. The lowest BCUT2D eigenvalue weighted by Gasteiger charge is -2.28. The highest BCUT2D eigenvalue weighted by atomic mass is 32.1. The van der Waals surface area contributed by atoms with Crippen molar-refractivity contribution in [2.45, 2.75) is 12.8 Å². The molecule has 0 aliphatic carbocycles. The fourth-order valence-electron chi connectivity index (χ4n) is 2.99. The maximum absolute atomic E-state index is 12.3. The largest absolute Gasteiger partial charge is 0.411 e. The van der Waals surface area contributed by atoms with Crippen LogP contribution in [0.3, 0.4) is 0 Å². The van der Waals surface area contributed by atoms with E-state index in [1.165, 1.54) is 11.3 Å². The van der Waals surface area contributed by atoms with Crippen LogP contribution in [0.2, 0.25) is 0 Å². The number of amides is 2. The molecule has 1 aliphatic heterocycles. The lowest BCUT2D eigenvalue weighted by molar-refractivity contribution is 0.262. The molecule has 0 unspecified atom stereocenters. The summed E-state index contributed by atoms with van der Waals surface area (Å²) in [6.07, 6.45) is 4.80. The number of rotatable bonds is 4. The van der Waals surface area contributed by atoms with Crippen molar-refractivity contribution in [1.29, 1.82) is 0 Å². The van der Waals surface area contributed by atoms with Crippen LogP contribution in [0.4, 0.5) is 22.2 Å². The fourth-order valence-corrected chi connectivity index (χ4v) is 3.74. The van der Waals surface area contributed by atoms with Crippen LogP contribution in [-0.2, 0) is 0 Å². The van der Waals surface area contributed by atoms with Gasteiger partial charge in [-0.1, -0.05) is 11.2 Å². The average Bonchev–Trinajstić information content (AvgIpc) is 3.23. The molecule has 0 bridgehead atoms. The smallest absolute Gasteiger partial charge is 0.326 e. The zero-order valence-electron chi connectivity index (χ0n) is 15.4. The van der Waals surface area contributed by atoms with Gasteiger partial charge in [0.25, 0.3) is 0 Å². The molecule has 29 heavy (non-hydrogen) atoms. The van der Waals surface area contributed by atoms with Gasteiger partial charge in [-0.15, -0.1) is 11.3 Å². The van der Waals surface area contributed by atoms with Crippen molar-refractivity contribution in [2.75, 3.05) is 28.6 Å². The first-order chi connectivity index (χ1) is 14.2. The van der Waals surface area contributed by atoms with Gasteiger partial charge in [0.15, 0.2) is 0 Å². The van der Waals surface area contributed by atoms with Crippen molar-refractivity contribution in [3.8, 4) is 10.6 Å². The minimum atomic E-state index is -0.408. The van der Waals surface area contributed by atoms with Crippen LogP contribution in [0.15, 0.2) is 53.3 Å². The molecule has 0 atom stereocenters. The number of aromatic nitrogens is 3. The van der Waals surface area contributed by atoms with Crippen molar-refractivity contribution in [3.63, 3.8) is 0 Å². The standard InChI is InChI=1S/C19H19N7O2S/c27-19(24-16-12-29-18(22-16)13-4-8-20-9-5-13)23-15-2-1-3-17(21-15)26-10-6-14(25-28)7-11-26/h1-5,8-9,12,28H,6-7,10-11H2,(H2,21,23,24,27). The highest BCUT2D eigenvalue weighted by molar-refractivity contribution is 7.13. The Morgan fingerprint density at radius 1 is 1.07 bits per heavy atom. The van der Waals surface area contributed by atoms with E-state index in [0.29, 0.717) is 24.5 Å². The molecule has 0 saturated carbocycles. The molecule has 148 valence electrons. The SMILES string of the molecule is O=C(Nc1cccc(N2CCC(=NO)CC2)n1)Nc1csc(-c2ccncc2)n1. The Labute approximate surface area is 171 Å². The fraction of sp³-hybridized carbons (Fsp3) is 0.211. The zero-order chi connectivity index (χ0) is 20.1. The van der Waals surface area contributed by atoms with Gasteiger partial charge in [0.2, 0.25) is 0 Å². The number of pyridine rings is 2. The van der Waals surface area contributed by atoms with Gasteiger partial charge in [0.1, 0.15) is 22.5 Å². The number of piperidine rings is 1. The van der Waals surface area contributed by atoms with Gasteiger partial charge in [-0.25, -0.2) is 14.8 Å². The number of nitrogens with one attached hydrogen (secondary N) is 2. The summed E-state index contributed by atoms with van der Waals surface area (Å²) in [4.78, 5) is 27.4. The third-order valence-corrected chi connectivity index (χ3v) is 5.35. The summed E-state index contributed by atoms with van der Waals surface area (Å²) in [7, 11) is 0. The summed E-state index contributed by atoms with van der Waals surface area (Å²) < 4.78 is 0. The van der Waals surface area contributed by atoms with E-state index in [9.17, 15) is 4.79 Å².